The highest BCUT2D eigenvalue weighted by Gasteiger charge is 2.33. The third kappa shape index (κ3) is 2.91. The maximum absolute atomic E-state index is 12.8. The van der Waals surface area contributed by atoms with Gasteiger partial charge in [-0.2, -0.15) is 0 Å². The summed E-state index contributed by atoms with van der Waals surface area (Å²) in [5.41, 5.74) is 3.35. The van der Waals surface area contributed by atoms with E-state index in [1.165, 1.54) is 4.31 Å². The second kappa shape index (κ2) is 6.52. The van der Waals surface area contributed by atoms with Gasteiger partial charge in [0.2, 0.25) is 0 Å². The Hall–Kier alpha value is -2.34. The Balaban J connectivity index is 2.14. The van der Waals surface area contributed by atoms with E-state index in [-0.39, 0.29) is 10.8 Å². The summed E-state index contributed by atoms with van der Waals surface area (Å²) in [6, 6.07) is 10.5. The van der Waals surface area contributed by atoms with Crippen LogP contribution in [0, 0.1) is 6.92 Å². The van der Waals surface area contributed by atoms with Crippen molar-refractivity contribution in [3.05, 3.63) is 47.5 Å². The average Bonchev–Trinajstić information content (AvgIpc) is 2.59. The Kier molecular flexibility index (Phi) is 4.56. The van der Waals surface area contributed by atoms with Crippen LogP contribution in [0.5, 0.6) is 0 Å². The third-order valence-electron chi connectivity index (χ3n) is 4.51. The number of carbonyl (C=O) groups is 1. The molecule has 0 bridgehead atoms. The van der Waals surface area contributed by atoms with Gasteiger partial charge in [0.15, 0.2) is 0 Å². The van der Waals surface area contributed by atoms with E-state index >= 15 is 0 Å². The number of sulfonamides is 1. The monoisotopic (exact) mass is 358 g/mol. The number of benzene rings is 2. The molecular weight excluding hydrogens is 336 g/mol. The molecule has 6 heteroatoms. The van der Waals surface area contributed by atoms with Crippen LogP contribution in [0.2, 0.25) is 0 Å². The summed E-state index contributed by atoms with van der Waals surface area (Å²) in [7, 11) is -2.02. The van der Waals surface area contributed by atoms with Crippen molar-refractivity contribution in [2.24, 2.45) is 0 Å². The molecule has 1 heterocycles. The fourth-order valence-corrected chi connectivity index (χ4v) is 4.68. The summed E-state index contributed by atoms with van der Waals surface area (Å²) in [6.45, 7) is 4.54. The Labute approximate surface area is 148 Å². The first kappa shape index (κ1) is 17.5. The number of aryl methyl sites for hydroxylation is 1. The smallest absolute Gasteiger partial charge is 0.264 e. The van der Waals surface area contributed by atoms with Gasteiger partial charge in [0.25, 0.3) is 15.9 Å². The lowest BCUT2D eigenvalue weighted by Crippen LogP contribution is -2.31. The SMILES string of the molecule is CCCCNC(=O)c1cc(C)c2c(c1)-c1ccccc1S(=O)(=O)N2C. The van der Waals surface area contributed by atoms with Crippen molar-refractivity contribution in [1.82, 2.24) is 5.32 Å². The maximum atomic E-state index is 12.8. The summed E-state index contributed by atoms with van der Waals surface area (Å²) in [6.07, 6.45) is 1.94. The second-order valence-corrected chi connectivity index (χ2v) is 8.21. The number of anilines is 1. The van der Waals surface area contributed by atoms with E-state index in [1.54, 1.807) is 37.4 Å². The number of unbranched alkanes of at least 4 members (excludes halogenated alkanes) is 1. The zero-order chi connectivity index (χ0) is 18.2. The minimum absolute atomic E-state index is 0.132. The number of carbonyl (C=O) groups excluding carboxylic acids is 1. The number of fused-ring (bicyclic) bond motifs is 3. The topological polar surface area (TPSA) is 66.5 Å². The summed E-state index contributed by atoms with van der Waals surface area (Å²) >= 11 is 0. The summed E-state index contributed by atoms with van der Waals surface area (Å²) < 4.78 is 26.8. The molecule has 0 aromatic heterocycles. The summed E-state index contributed by atoms with van der Waals surface area (Å²) in [5.74, 6) is -0.132. The van der Waals surface area contributed by atoms with E-state index in [0.717, 1.165) is 24.0 Å². The molecule has 0 unspecified atom stereocenters. The van der Waals surface area contributed by atoms with Gasteiger partial charge in [-0.05, 0) is 37.1 Å². The molecule has 5 nitrogen and oxygen atoms in total. The molecule has 0 aliphatic carbocycles. The number of amides is 1. The van der Waals surface area contributed by atoms with Gasteiger partial charge in [0.05, 0.1) is 10.6 Å². The number of nitrogens with one attached hydrogen (secondary N) is 1. The molecule has 3 rings (SSSR count). The molecule has 0 radical (unpaired) electrons. The van der Waals surface area contributed by atoms with Crippen LogP contribution in [0.4, 0.5) is 5.69 Å². The largest absolute Gasteiger partial charge is 0.352 e. The maximum Gasteiger partial charge on any atom is 0.264 e. The van der Waals surface area contributed by atoms with Gasteiger partial charge in [0, 0.05) is 30.3 Å². The van der Waals surface area contributed by atoms with Crippen LogP contribution in [-0.4, -0.2) is 27.9 Å². The highest BCUT2D eigenvalue weighted by Crippen LogP contribution is 2.44. The minimum atomic E-state index is -3.57. The Morgan fingerprint density at radius 1 is 1.16 bits per heavy atom. The van der Waals surface area contributed by atoms with E-state index in [0.29, 0.717) is 23.4 Å². The average molecular weight is 358 g/mol. The van der Waals surface area contributed by atoms with Crippen molar-refractivity contribution in [2.75, 3.05) is 17.9 Å². The highest BCUT2D eigenvalue weighted by molar-refractivity contribution is 7.93. The fourth-order valence-electron chi connectivity index (χ4n) is 3.20. The molecule has 132 valence electrons. The third-order valence-corrected chi connectivity index (χ3v) is 6.32. The molecule has 0 saturated carbocycles. The number of hydrogen-bond donors (Lipinski definition) is 1. The molecule has 1 N–H and O–H groups in total. The van der Waals surface area contributed by atoms with Gasteiger partial charge < -0.3 is 5.32 Å². The van der Waals surface area contributed by atoms with Gasteiger partial charge in [-0.1, -0.05) is 31.5 Å². The molecule has 25 heavy (non-hydrogen) atoms. The van der Waals surface area contributed by atoms with Crippen molar-refractivity contribution in [2.45, 2.75) is 31.6 Å². The van der Waals surface area contributed by atoms with Crippen LogP contribution in [-0.2, 0) is 10.0 Å². The van der Waals surface area contributed by atoms with Gasteiger partial charge in [0.1, 0.15) is 0 Å². The Morgan fingerprint density at radius 3 is 2.60 bits per heavy atom. The lowest BCUT2D eigenvalue weighted by Gasteiger charge is -2.31. The molecule has 2 aromatic carbocycles. The standard InChI is InChI=1S/C19H22N2O3S/c1-4-5-10-20-19(22)14-11-13(2)18-16(12-14)15-8-6-7-9-17(15)25(23,24)21(18)3/h6-9,11-12H,4-5,10H2,1-3H3,(H,20,22). The minimum Gasteiger partial charge on any atom is -0.352 e. The highest BCUT2D eigenvalue weighted by atomic mass is 32.2. The quantitative estimate of drug-likeness (QED) is 0.853. The normalized spacial score (nSPS) is 14.6. The first-order valence-corrected chi connectivity index (χ1v) is 9.83. The van der Waals surface area contributed by atoms with Crippen LogP contribution in [0.1, 0.15) is 35.7 Å². The van der Waals surface area contributed by atoms with Crippen LogP contribution >= 0.6 is 0 Å². The van der Waals surface area contributed by atoms with E-state index in [4.69, 9.17) is 0 Å². The molecule has 0 fully saturated rings. The molecular formula is C19H22N2O3S. The predicted octanol–water partition coefficient (Wildman–Crippen LogP) is 3.33. The van der Waals surface area contributed by atoms with Gasteiger partial charge in [-0.3, -0.25) is 9.10 Å². The zero-order valence-corrected chi connectivity index (χ0v) is 15.5. The van der Waals surface area contributed by atoms with Crippen molar-refractivity contribution in [3.63, 3.8) is 0 Å². The molecule has 1 aliphatic heterocycles. The van der Waals surface area contributed by atoms with E-state index < -0.39 is 10.0 Å². The summed E-state index contributed by atoms with van der Waals surface area (Å²) in [5, 5.41) is 2.91. The van der Waals surface area contributed by atoms with Gasteiger partial charge in [-0.15, -0.1) is 0 Å². The molecule has 0 saturated heterocycles. The van der Waals surface area contributed by atoms with Crippen LogP contribution in [0.25, 0.3) is 11.1 Å². The lowest BCUT2D eigenvalue weighted by molar-refractivity contribution is 0.0953. The first-order valence-electron chi connectivity index (χ1n) is 8.39. The van der Waals surface area contributed by atoms with Crippen LogP contribution in [0.15, 0.2) is 41.3 Å². The summed E-state index contributed by atoms with van der Waals surface area (Å²) in [4.78, 5) is 12.7. The van der Waals surface area contributed by atoms with Crippen molar-refractivity contribution in [3.8, 4) is 11.1 Å². The molecule has 2 aromatic rings. The molecule has 1 amide bonds. The Morgan fingerprint density at radius 2 is 1.88 bits per heavy atom. The fraction of sp³-hybridized carbons (Fsp3) is 0.316. The zero-order valence-electron chi connectivity index (χ0n) is 14.7. The van der Waals surface area contributed by atoms with Gasteiger partial charge in [-0.25, -0.2) is 8.42 Å². The van der Waals surface area contributed by atoms with Crippen molar-refractivity contribution in [1.29, 1.82) is 0 Å². The van der Waals surface area contributed by atoms with E-state index in [1.807, 2.05) is 13.0 Å². The van der Waals surface area contributed by atoms with E-state index in [2.05, 4.69) is 12.2 Å². The van der Waals surface area contributed by atoms with Gasteiger partial charge >= 0.3 is 0 Å². The van der Waals surface area contributed by atoms with Crippen LogP contribution in [0.3, 0.4) is 0 Å². The lowest BCUT2D eigenvalue weighted by atomic mass is 9.96. The predicted molar refractivity (Wildman–Crippen MR) is 99.4 cm³/mol. The Bertz CT molecular complexity index is 936. The van der Waals surface area contributed by atoms with E-state index in [9.17, 15) is 13.2 Å². The van der Waals surface area contributed by atoms with Crippen LogP contribution < -0.4 is 9.62 Å². The molecule has 0 atom stereocenters. The molecule has 0 spiro atoms. The molecule has 1 aliphatic rings. The number of nitrogens with zero attached hydrogens (tertiary/aromatic N) is 1. The second-order valence-electron chi connectivity index (χ2n) is 6.27. The first-order chi connectivity index (χ1) is 11.9. The van der Waals surface area contributed by atoms with Crippen molar-refractivity contribution >= 4 is 21.6 Å². The van der Waals surface area contributed by atoms with Crippen molar-refractivity contribution < 1.29 is 13.2 Å². The number of hydrogen-bond acceptors (Lipinski definition) is 3. The number of rotatable bonds is 4.